The van der Waals surface area contributed by atoms with Gasteiger partial charge in [-0.2, -0.15) is 0 Å². The molecule has 5 heterocycles. The summed E-state index contributed by atoms with van der Waals surface area (Å²) in [5, 5.41) is 15.0. The van der Waals surface area contributed by atoms with E-state index >= 15 is 0 Å². The van der Waals surface area contributed by atoms with Gasteiger partial charge < -0.3 is 9.64 Å². The number of hydrogen-bond donors (Lipinski definition) is 2. The number of benzene rings is 1. The Morgan fingerprint density at radius 1 is 1.12 bits per heavy atom. The van der Waals surface area contributed by atoms with Crippen molar-refractivity contribution in [1.29, 1.82) is 0 Å². The summed E-state index contributed by atoms with van der Waals surface area (Å²) in [5.41, 5.74) is 5.17. The fourth-order valence-corrected chi connectivity index (χ4v) is 15.2. The Morgan fingerprint density at radius 3 is 2.64 bits per heavy atom. The second-order valence-electron chi connectivity index (χ2n) is 14.6. The van der Waals surface area contributed by atoms with Gasteiger partial charge in [-0.1, -0.05) is 0 Å². The zero-order chi connectivity index (χ0) is 30.1. The average Bonchev–Trinajstić information content (AvgIpc) is 3.25. The molecule has 10 heteroatoms. The van der Waals surface area contributed by atoms with Crippen LogP contribution in [0.5, 0.6) is 5.75 Å². The van der Waals surface area contributed by atoms with Crippen molar-refractivity contribution in [3.63, 3.8) is 0 Å². The number of carboxylic acids is 1. The van der Waals surface area contributed by atoms with E-state index in [1.54, 1.807) is 6.20 Å². The van der Waals surface area contributed by atoms with Crippen molar-refractivity contribution < 1.29 is 19.3 Å². The number of hydrogen-bond acceptors (Lipinski definition) is 7. The fraction of sp³-hybridized carbons (Fsp3) is 0.531. The summed E-state index contributed by atoms with van der Waals surface area (Å²) >= 11 is 0. The van der Waals surface area contributed by atoms with E-state index in [-0.39, 0.29) is 21.9 Å². The normalized spacial score (nSPS) is 26.7. The van der Waals surface area contributed by atoms with Crippen LogP contribution < -0.4 is 15.5 Å². The molecule has 226 valence electrons. The first-order chi connectivity index (χ1) is 19.7. The summed E-state index contributed by atoms with van der Waals surface area (Å²) in [6, 6.07) is 9.62. The molecule has 3 N–H and O–H groups in total. The topological polar surface area (TPSA) is 116 Å². The number of pyridine rings is 1. The van der Waals surface area contributed by atoms with Crippen LogP contribution in [0.25, 0.3) is 22.4 Å². The van der Waals surface area contributed by atoms with Gasteiger partial charge in [0.2, 0.25) is 0 Å². The van der Waals surface area contributed by atoms with E-state index in [1.165, 1.54) is 6.42 Å². The number of carbonyl (C=O) groups is 1. The van der Waals surface area contributed by atoms with Gasteiger partial charge in [0.1, 0.15) is 12.4 Å². The van der Waals surface area contributed by atoms with Crippen molar-refractivity contribution in [1.82, 2.24) is 14.8 Å². The van der Waals surface area contributed by atoms with Crippen molar-refractivity contribution in [3.05, 3.63) is 47.9 Å². The predicted octanol–water partition coefficient (Wildman–Crippen LogP) is 5.85. The summed E-state index contributed by atoms with van der Waals surface area (Å²) in [6.45, 7) is 13.7. The number of carboxylic acid groups (broad SMARTS) is 1. The van der Waals surface area contributed by atoms with Gasteiger partial charge >= 0.3 is 202 Å². The molecule has 6 rings (SSSR count). The van der Waals surface area contributed by atoms with Crippen LogP contribution >= 0.6 is 7.49 Å². The number of anilines is 1. The Labute approximate surface area is 248 Å². The molecule has 3 aliphatic rings. The Hall–Kier alpha value is -3.00. The van der Waals surface area contributed by atoms with Crippen LogP contribution in [-0.2, 0) is 11.2 Å². The maximum atomic E-state index is 12.5. The zero-order valence-electron chi connectivity index (χ0n) is 25.7. The van der Waals surface area contributed by atoms with Crippen molar-refractivity contribution in [2.45, 2.75) is 54.0 Å². The Morgan fingerprint density at radius 2 is 1.90 bits per heavy atom. The van der Waals surface area contributed by atoms with Crippen LogP contribution in [0.4, 0.5) is 5.69 Å². The molecule has 2 unspecified atom stereocenters. The second kappa shape index (κ2) is 10.0. The van der Waals surface area contributed by atoms with Gasteiger partial charge in [-0.3, -0.25) is 0 Å². The first-order valence-electron chi connectivity index (χ1n) is 14.9. The summed E-state index contributed by atoms with van der Waals surface area (Å²) < 4.78 is 13.8. The molecule has 0 spiro atoms. The number of aromatic nitrogens is 3. The number of nitrogens with zero attached hydrogens (tertiary/aromatic N) is 4. The molecule has 0 amide bonds. The van der Waals surface area contributed by atoms with E-state index in [2.05, 4.69) is 37.6 Å². The Kier molecular flexibility index (Phi) is 6.95. The number of aromatic carboxylic acids is 1. The minimum absolute atomic E-state index is 0.00972. The Bertz CT molecular complexity index is 1550. The molecule has 2 atom stereocenters. The average molecular weight is 594 g/mol. The van der Waals surface area contributed by atoms with E-state index < -0.39 is 13.5 Å². The van der Waals surface area contributed by atoms with Crippen LogP contribution in [0.15, 0.2) is 36.5 Å². The molecule has 3 aromatic rings. The van der Waals surface area contributed by atoms with E-state index in [4.69, 9.17) is 20.4 Å². The molecule has 3 aliphatic heterocycles. The van der Waals surface area contributed by atoms with E-state index in [0.29, 0.717) is 17.9 Å². The Balaban J connectivity index is 1.31. The van der Waals surface area contributed by atoms with Gasteiger partial charge in [0.05, 0.1) is 12.2 Å². The molecule has 0 aliphatic carbocycles. The number of fused-ring (bicyclic) bond motifs is 3. The van der Waals surface area contributed by atoms with Crippen LogP contribution in [0.2, 0.25) is 0 Å². The minimum atomic E-state index is -2.12. The van der Waals surface area contributed by atoms with Crippen molar-refractivity contribution in [3.8, 4) is 28.1 Å². The van der Waals surface area contributed by atoms with Crippen molar-refractivity contribution in [2.75, 3.05) is 43.6 Å². The van der Waals surface area contributed by atoms with Gasteiger partial charge in [-0.25, -0.2) is 0 Å². The number of ether oxygens (including phenoxy) is 1. The molecular weight excluding hydrogens is 549 g/mol. The molecular formula is C32H44N5O4P. The van der Waals surface area contributed by atoms with Gasteiger partial charge in [0.15, 0.2) is 0 Å². The quantitative estimate of drug-likeness (QED) is 0.270. The van der Waals surface area contributed by atoms with E-state index in [9.17, 15) is 9.90 Å². The van der Waals surface area contributed by atoms with E-state index in [0.717, 1.165) is 66.3 Å². The van der Waals surface area contributed by atoms with E-state index in [1.807, 2.05) is 49.0 Å². The predicted molar refractivity (Wildman–Crippen MR) is 169 cm³/mol. The molecule has 9 nitrogen and oxygen atoms in total. The number of nitrogens with two attached hydrogens (primary N) is 1. The molecule has 2 saturated heterocycles. The molecule has 0 radical (unpaired) electrons. The zero-order valence-corrected chi connectivity index (χ0v) is 26.7. The van der Waals surface area contributed by atoms with Crippen LogP contribution in [0.1, 0.15) is 56.7 Å². The number of rotatable bonds is 6. The van der Waals surface area contributed by atoms with Crippen LogP contribution in [-0.4, -0.2) is 64.5 Å². The summed E-state index contributed by atoms with van der Waals surface area (Å²) in [5.74, 6) is 5.82. The molecule has 0 saturated carbocycles. The fourth-order valence-electron chi connectivity index (χ4n) is 9.09. The SMILES string of the molecule is Cc1c(-c2ccc(-c3ccc4c(c3)N(C)CCO4)nc2C(=O)O)cnn1CC1(C)CC2(C)CC(C)(C)C[PH](ON)(C1)C2. The second-order valence-corrected chi connectivity index (χ2v) is 18.3. The van der Waals surface area contributed by atoms with Gasteiger partial charge in [-0.05, 0) is 6.07 Å². The number of likely N-dealkylation sites (N-methyl/N-ethyl adjacent to an activating group) is 1. The summed E-state index contributed by atoms with van der Waals surface area (Å²) in [6.07, 6.45) is 7.25. The van der Waals surface area contributed by atoms with Gasteiger partial charge in [-0.15, -0.1) is 0 Å². The molecule has 2 aromatic heterocycles. The first kappa shape index (κ1) is 29.1. The van der Waals surface area contributed by atoms with Crippen molar-refractivity contribution in [2.24, 2.45) is 22.1 Å². The maximum absolute atomic E-state index is 12.5. The third-order valence-corrected chi connectivity index (χ3v) is 14.8. The molecule has 2 bridgehead atoms. The van der Waals surface area contributed by atoms with Crippen LogP contribution in [0, 0.1) is 23.2 Å². The third kappa shape index (κ3) is 5.20. The van der Waals surface area contributed by atoms with Crippen molar-refractivity contribution >= 4 is 19.1 Å². The molecule has 2 fully saturated rings. The first-order valence-corrected chi connectivity index (χ1v) is 17.4. The third-order valence-electron chi connectivity index (χ3n) is 9.68. The van der Waals surface area contributed by atoms with Crippen LogP contribution in [0.3, 0.4) is 0 Å². The standard InChI is InChI=1S/C32H44N5O4P/c1-21-24(14-34-37(21)17-32(5)16-31(4)15-30(2,3)18-42(19-31,20-32)41-33)23-8-9-25(35-28(23)29(38)39)22-7-10-27-26(13-22)36(6)11-12-40-27/h7-10,13-14,42H,11-12,15-20,33H2,1-6H3,(H,38,39). The summed E-state index contributed by atoms with van der Waals surface area (Å²) in [4.78, 5) is 19.2. The van der Waals surface area contributed by atoms with Gasteiger partial charge in [0, 0.05) is 7.05 Å². The molecule has 1 aromatic carbocycles. The molecule has 42 heavy (non-hydrogen) atoms. The summed E-state index contributed by atoms with van der Waals surface area (Å²) in [7, 11) is -0.0916. The monoisotopic (exact) mass is 593 g/mol. The van der Waals surface area contributed by atoms with Gasteiger partial charge in [0.25, 0.3) is 0 Å².